The van der Waals surface area contributed by atoms with Gasteiger partial charge in [-0.3, -0.25) is 4.90 Å². The smallest absolute Gasteiger partial charge is 0.336 e. The van der Waals surface area contributed by atoms with Gasteiger partial charge >= 0.3 is 5.97 Å². The highest BCUT2D eigenvalue weighted by Gasteiger charge is 2.28. The number of carbonyl (C=O) groups is 1. The molecule has 4 rings (SSSR count). The number of ether oxygens (including phenoxy) is 2. The van der Waals surface area contributed by atoms with Crippen molar-refractivity contribution in [2.75, 3.05) is 20.2 Å². The summed E-state index contributed by atoms with van der Waals surface area (Å²) in [5.41, 5.74) is 4.20. The lowest BCUT2D eigenvalue weighted by Gasteiger charge is -2.30. The summed E-state index contributed by atoms with van der Waals surface area (Å²) >= 11 is 6.54. The van der Waals surface area contributed by atoms with Crippen LogP contribution < -0.4 is 9.47 Å². The fraction of sp³-hybridized carbons (Fsp3) is 0.308. The SMILES string of the molecule is CCN1C/C(=C\c2cc(Cl)c(OC(C)C)c(OC)c2)c2nc3ccccc3c(C(=O)O)c2C1. The number of rotatable bonds is 6. The second-order valence-corrected chi connectivity index (χ2v) is 8.72. The monoisotopic (exact) mass is 466 g/mol. The molecule has 0 aliphatic carbocycles. The number of aromatic nitrogens is 1. The van der Waals surface area contributed by atoms with Crippen LogP contribution in [-0.4, -0.2) is 47.3 Å². The van der Waals surface area contributed by atoms with Crippen LogP contribution >= 0.6 is 11.6 Å². The minimum atomic E-state index is -0.943. The van der Waals surface area contributed by atoms with Crippen molar-refractivity contribution in [1.82, 2.24) is 9.88 Å². The number of methoxy groups -OCH3 is 1. The Morgan fingerprint density at radius 3 is 2.70 bits per heavy atom. The lowest BCUT2D eigenvalue weighted by atomic mass is 9.92. The average molecular weight is 467 g/mol. The lowest BCUT2D eigenvalue weighted by molar-refractivity contribution is 0.0696. The van der Waals surface area contributed by atoms with Gasteiger partial charge in [0.25, 0.3) is 0 Å². The number of nitrogens with zero attached hydrogens (tertiary/aromatic N) is 2. The number of carboxylic acids is 1. The molecule has 1 aromatic heterocycles. The number of fused-ring (bicyclic) bond motifs is 2. The molecule has 2 aromatic carbocycles. The average Bonchev–Trinajstić information content (AvgIpc) is 2.78. The van der Waals surface area contributed by atoms with E-state index in [0.717, 1.165) is 23.2 Å². The summed E-state index contributed by atoms with van der Waals surface area (Å²) in [7, 11) is 1.58. The zero-order valence-corrected chi connectivity index (χ0v) is 19.9. The number of aromatic carboxylic acids is 1. The molecule has 7 heteroatoms. The lowest BCUT2D eigenvalue weighted by Crippen LogP contribution is -2.31. The van der Waals surface area contributed by atoms with Gasteiger partial charge < -0.3 is 14.6 Å². The van der Waals surface area contributed by atoms with E-state index >= 15 is 0 Å². The molecule has 0 amide bonds. The van der Waals surface area contributed by atoms with Gasteiger partial charge in [0.15, 0.2) is 11.5 Å². The molecule has 6 nitrogen and oxygen atoms in total. The Morgan fingerprint density at radius 2 is 2.03 bits per heavy atom. The van der Waals surface area contributed by atoms with Crippen LogP contribution in [-0.2, 0) is 6.54 Å². The van der Waals surface area contributed by atoms with Gasteiger partial charge in [0.05, 0.1) is 35.0 Å². The molecule has 0 spiro atoms. The van der Waals surface area contributed by atoms with E-state index in [9.17, 15) is 9.90 Å². The van der Waals surface area contributed by atoms with E-state index in [4.69, 9.17) is 26.1 Å². The van der Waals surface area contributed by atoms with Gasteiger partial charge in [0, 0.05) is 24.0 Å². The Balaban J connectivity index is 1.91. The zero-order chi connectivity index (χ0) is 23.7. The number of halogens is 1. The van der Waals surface area contributed by atoms with Crippen molar-refractivity contribution in [3.8, 4) is 11.5 Å². The van der Waals surface area contributed by atoms with E-state index in [0.29, 0.717) is 51.8 Å². The second kappa shape index (κ2) is 9.41. The topological polar surface area (TPSA) is 71.9 Å². The standard InChI is InChI=1S/C26H27ClN2O4/c1-5-29-13-17(10-16-11-20(27)25(33-15(2)3)22(12-16)32-4)24-19(14-29)23(26(30)31)18-8-6-7-9-21(18)28-24/h6-12,15H,5,13-14H2,1-4H3,(H,30,31)/b17-10+. The maximum atomic E-state index is 12.3. The zero-order valence-electron chi connectivity index (χ0n) is 19.2. The van der Waals surface area contributed by atoms with Gasteiger partial charge in [-0.15, -0.1) is 0 Å². The van der Waals surface area contributed by atoms with Crippen LogP contribution in [0.4, 0.5) is 0 Å². The molecule has 2 heterocycles. The fourth-order valence-corrected chi connectivity index (χ4v) is 4.49. The predicted molar refractivity (Wildman–Crippen MR) is 131 cm³/mol. The van der Waals surface area contributed by atoms with Crippen molar-refractivity contribution >= 4 is 40.1 Å². The molecular weight excluding hydrogens is 440 g/mol. The Hall–Kier alpha value is -3.09. The molecule has 0 bridgehead atoms. The quantitative estimate of drug-likeness (QED) is 0.498. The first kappa shape index (κ1) is 23.1. The number of pyridine rings is 1. The molecule has 0 atom stereocenters. The molecular formula is C26H27ClN2O4. The summed E-state index contributed by atoms with van der Waals surface area (Å²) in [5, 5.41) is 11.2. The number of likely N-dealkylation sites (N-methyl/N-ethyl adjacent to an activating group) is 1. The molecule has 0 radical (unpaired) electrons. The van der Waals surface area contributed by atoms with E-state index < -0.39 is 5.97 Å². The number of carboxylic acid groups (broad SMARTS) is 1. The van der Waals surface area contributed by atoms with Gasteiger partial charge in [0.2, 0.25) is 0 Å². The second-order valence-electron chi connectivity index (χ2n) is 8.31. The van der Waals surface area contributed by atoms with Gasteiger partial charge in [0.1, 0.15) is 0 Å². The Morgan fingerprint density at radius 1 is 1.27 bits per heavy atom. The molecule has 0 saturated heterocycles. The van der Waals surface area contributed by atoms with Gasteiger partial charge in [-0.05, 0) is 55.8 Å². The predicted octanol–water partition coefficient (Wildman–Crippen LogP) is 5.76. The van der Waals surface area contributed by atoms with E-state index in [1.54, 1.807) is 7.11 Å². The Kier molecular flexibility index (Phi) is 6.58. The Labute approximate surface area is 198 Å². The van der Waals surface area contributed by atoms with E-state index in [1.165, 1.54) is 0 Å². The third kappa shape index (κ3) is 4.54. The minimum absolute atomic E-state index is 0.0455. The van der Waals surface area contributed by atoms with Crippen LogP contribution in [0.5, 0.6) is 11.5 Å². The minimum Gasteiger partial charge on any atom is -0.493 e. The first-order valence-electron chi connectivity index (χ1n) is 10.9. The molecule has 0 unspecified atom stereocenters. The molecule has 0 saturated carbocycles. The molecule has 172 valence electrons. The molecule has 0 fully saturated rings. The number of hydrogen-bond acceptors (Lipinski definition) is 5. The number of hydrogen-bond donors (Lipinski definition) is 1. The van der Waals surface area contributed by atoms with Crippen LogP contribution in [0.3, 0.4) is 0 Å². The van der Waals surface area contributed by atoms with Crippen LogP contribution in [0.2, 0.25) is 5.02 Å². The summed E-state index contributed by atoms with van der Waals surface area (Å²) in [6.07, 6.45) is 1.96. The highest BCUT2D eigenvalue weighted by molar-refractivity contribution is 6.32. The van der Waals surface area contributed by atoms with Crippen LogP contribution in [0.15, 0.2) is 36.4 Å². The molecule has 1 aliphatic heterocycles. The normalized spacial score (nSPS) is 15.2. The molecule has 1 aliphatic rings. The van der Waals surface area contributed by atoms with Gasteiger partial charge in [-0.2, -0.15) is 0 Å². The van der Waals surface area contributed by atoms with Crippen LogP contribution in [0.1, 0.15) is 48.0 Å². The maximum Gasteiger partial charge on any atom is 0.336 e. The fourth-order valence-electron chi connectivity index (χ4n) is 4.22. The largest absolute Gasteiger partial charge is 0.493 e. The number of para-hydroxylation sites is 1. The van der Waals surface area contributed by atoms with Crippen LogP contribution in [0, 0.1) is 0 Å². The summed E-state index contributed by atoms with van der Waals surface area (Å²) in [6, 6.07) is 11.1. The highest BCUT2D eigenvalue weighted by atomic mass is 35.5. The van der Waals surface area contributed by atoms with E-state index in [2.05, 4.69) is 11.8 Å². The maximum absolute atomic E-state index is 12.3. The van der Waals surface area contributed by atoms with E-state index in [1.807, 2.05) is 56.3 Å². The van der Waals surface area contributed by atoms with Crippen LogP contribution in [0.25, 0.3) is 22.6 Å². The third-order valence-electron chi connectivity index (χ3n) is 5.68. The first-order chi connectivity index (χ1) is 15.8. The summed E-state index contributed by atoms with van der Waals surface area (Å²) < 4.78 is 11.4. The van der Waals surface area contributed by atoms with Crippen molar-refractivity contribution in [1.29, 1.82) is 0 Å². The van der Waals surface area contributed by atoms with Crippen molar-refractivity contribution in [2.45, 2.75) is 33.4 Å². The molecule has 3 aromatic rings. The highest BCUT2D eigenvalue weighted by Crippen LogP contribution is 2.39. The molecule has 33 heavy (non-hydrogen) atoms. The number of benzene rings is 2. The third-order valence-corrected chi connectivity index (χ3v) is 5.96. The Bertz CT molecular complexity index is 1250. The molecule has 1 N–H and O–H groups in total. The van der Waals surface area contributed by atoms with Crippen molar-refractivity contribution in [3.05, 3.63) is 63.8 Å². The van der Waals surface area contributed by atoms with Crippen molar-refractivity contribution in [2.24, 2.45) is 0 Å². The van der Waals surface area contributed by atoms with Gasteiger partial charge in [-0.25, -0.2) is 9.78 Å². The van der Waals surface area contributed by atoms with Crippen molar-refractivity contribution < 1.29 is 19.4 Å². The first-order valence-corrected chi connectivity index (χ1v) is 11.3. The van der Waals surface area contributed by atoms with Gasteiger partial charge in [-0.1, -0.05) is 36.7 Å². The summed E-state index contributed by atoms with van der Waals surface area (Å²) in [4.78, 5) is 19.4. The van der Waals surface area contributed by atoms with Crippen molar-refractivity contribution in [3.63, 3.8) is 0 Å². The summed E-state index contributed by atoms with van der Waals surface area (Å²) in [6.45, 7) is 7.90. The summed E-state index contributed by atoms with van der Waals surface area (Å²) in [5.74, 6) is 0.110. The van der Waals surface area contributed by atoms with E-state index in [-0.39, 0.29) is 6.10 Å².